The van der Waals surface area contributed by atoms with Crippen molar-refractivity contribution >= 4 is 28.2 Å². The van der Waals surface area contributed by atoms with Crippen molar-refractivity contribution in [3.8, 4) is 0 Å². The van der Waals surface area contributed by atoms with E-state index in [9.17, 15) is 19.7 Å². The number of H-pyrrole nitrogens is 1. The van der Waals surface area contributed by atoms with Crippen LogP contribution in [-0.4, -0.2) is 15.8 Å². The van der Waals surface area contributed by atoms with Crippen molar-refractivity contribution in [1.82, 2.24) is 4.98 Å². The Morgan fingerprint density at radius 1 is 0.969 bits per heavy atom. The van der Waals surface area contributed by atoms with Crippen LogP contribution >= 0.6 is 0 Å². The summed E-state index contributed by atoms with van der Waals surface area (Å²) in [5.41, 5.74) is 3.77. The molecule has 0 aliphatic rings. The summed E-state index contributed by atoms with van der Waals surface area (Å²) in [6.07, 6.45) is 0. The molecule has 0 unspecified atom stereocenters. The fraction of sp³-hybridized carbons (Fsp3) is 0.120. The predicted octanol–water partition coefficient (Wildman–Crippen LogP) is 4.90. The van der Waals surface area contributed by atoms with Gasteiger partial charge >= 0.3 is 0 Å². The van der Waals surface area contributed by atoms with E-state index >= 15 is 0 Å². The van der Waals surface area contributed by atoms with E-state index in [0.29, 0.717) is 16.8 Å². The van der Waals surface area contributed by atoms with E-state index in [1.54, 1.807) is 12.1 Å². The van der Waals surface area contributed by atoms with Crippen LogP contribution in [0.25, 0.3) is 10.9 Å². The van der Waals surface area contributed by atoms with Crippen molar-refractivity contribution in [2.24, 2.45) is 0 Å². The number of fused-ring (bicyclic) bond motifs is 1. The average Bonchev–Trinajstić information content (AvgIpc) is 2.77. The molecular weight excluding hydrogens is 406 g/mol. The Bertz CT molecular complexity index is 1390. The fourth-order valence-electron chi connectivity index (χ4n) is 3.62. The summed E-state index contributed by atoms with van der Waals surface area (Å²) in [6, 6.07) is 20.4. The second-order valence-electron chi connectivity index (χ2n) is 7.75. The first-order valence-electron chi connectivity index (χ1n) is 10.1. The maximum atomic E-state index is 13.4. The minimum atomic E-state index is -0.511. The van der Waals surface area contributed by atoms with Crippen LogP contribution in [-0.2, 0) is 6.54 Å². The minimum absolute atomic E-state index is 0.0541. The van der Waals surface area contributed by atoms with E-state index in [1.165, 1.54) is 29.2 Å². The normalized spacial score (nSPS) is 10.8. The van der Waals surface area contributed by atoms with Gasteiger partial charge in [-0.05, 0) is 67.3 Å². The van der Waals surface area contributed by atoms with Gasteiger partial charge in [0, 0.05) is 34.5 Å². The lowest BCUT2D eigenvalue weighted by Crippen LogP contribution is -2.33. The van der Waals surface area contributed by atoms with Crippen molar-refractivity contribution in [2.45, 2.75) is 20.4 Å². The molecule has 0 spiro atoms. The standard InChI is InChI=1S/C25H21N3O4/c1-16-4-3-5-22(13-16)27(25(30)18-7-9-21(10-8-18)28(31)32)15-20-14-19-12-17(2)6-11-23(19)26-24(20)29/h3-14H,15H2,1-2H3,(H,26,29). The third-order valence-electron chi connectivity index (χ3n) is 5.29. The number of nitro groups is 1. The lowest BCUT2D eigenvalue weighted by atomic mass is 10.1. The summed E-state index contributed by atoms with van der Waals surface area (Å²) in [7, 11) is 0. The third kappa shape index (κ3) is 4.27. The molecule has 0 fully saturated rings. The van der Waals surface area contributed by atoms with E-state index in [2.05, 4.69) is 4.98 Å². The first-order chi connectivity index (χ1) is 15.3. The Kier molecular flexibility index (Phi) is 5.55. The number of nitro benzene ring substituents is 1. The fourth-order valence-corrected chi connectivity index (χ4v) is 3.62. The number of aromatic nitrogens is 1. The van der Waals surface area contributed by atoms with Crippen LogP contribution in [0.15, 0.2) is 77.6 Å². The lowest BCUT2D eigenvalue weighted by Gasteiger charge is -2.23. The van der Waals surface area contributed by atoms with Crippen LogP contribution in [0, 0.1) is 24.0 Å². The van der Waals surface area contributed by atoms with Crippen molar-refractivity contribution in [1.29, 1.82) is 0 Å². The van der Waals surface area contributed by atoms with Crippen LogP contribution in [0.5, 0.6) is 0 Å². The van der Waals surface area contributed by atoms with Crippen LogP contribution in [0.4, 0.5) is 11.4 Å². The quantitative estimate of drug-likeness (QED) is 0.362. The molecule has 0 atom stereocenters. The molecule has 32 heavy (non-hydrogen) atoms. The topological polar surface area (TPSA) is 96.3 Å². The Balaban J connectivity index is 1.77. The molecule has 3 aromatic carbocycles. The highest BCUT2D eigenvalue weighted by molar-refractivity contribution is 6.06. The number of aromatic amines is 1. The molecule has 0 aliphatic heterocycles. The number of carbonyl (C=O) groups excluding carboxylic acids is 1. The molecule has 7 heteroatoms. The average molecular weight is 427 g/mol. The third-order valence-corrected chi connectivity index (χ3v) is 5.29. The number of hydrogen-bond donors (Lipinski definition) is 1. The zero-order chi connectivity index (χ0) is 22.8. The van der Waals surface area contributed by atoms with Gasteiger partial charge in [-0.1, -0.05) is 23.8 Å². The molecule has 4 aromatic rings. The molecule has 1 amide bonds. The number of hydrogen-bond acceptors (Lipinski definition) is 4. The van der Waals surface area contributed by atoms with E-state index in [-0.39, 0.29) is 23.7 Å². The zero-order valence-corrected chi connectivity index (χ0v) is 17.7. The Hall–Kier alpha value is -4.26. The molecule has 0 aliphatic carbocycles. The highest BCUT2D eigenvalue weighted by Crippen LogP contribution is 2.23. The lowest BCUT2D eigenvalue weighted by molar-refractivity contribution is -0.384. The predicted molar refractivity (Wildman–Crippen MR) is 124 cm³/mol. The second kappa shape index (κ2) is 8.47. The molecule has 4 rings (SSSR count). The minimum Gasteiger partial charge on any atom is -0.322 e. The molecule has 0 bridgehead atoms. The van der Waals surface area contributed by atoms with Crippen molar-refractivity contribution < 1.29 is 9.72 Å². The smallest absolute Gasteiger partial charge is 0.269 e. The van der Waals surface area contributed by atoms with Gasteiger partial charge < -0.3 is 9.88 Å². The van der Waals surface area contributed by atoms with E-state index in [4.69, 9.17) is 0 Å². The summed E-state index contributed by atoms with van der Waals surface area (Å²) in [4.78, 5) is 41.0. The zero-order valence-electron chi connectivity index (χ0n) is 17.7. The van der Waals surface area contributed by atoms with Gasteiger partial charge in [0.15, 0.2) is 0 Å². The SMILES string of the molecule is Cc1cccc(N(Cc2cc3cc(C)ccc3[nH]c2=O)C(=O)c2ccc([N+](=O)[O-])cc2)c1. The van der Waals surface area contributed by atoms with Crippen molar-refractivity contribution in [3.63, 3.8) is 0 Å². The van der Waals surface area contributed by atoms with E-state index in [0.717, 1.165) is 22.0 Å². The number of aryl methyl sites for hydroxylation is 2. The van der Waals surface area contributed by atoms with Crippen molar-refractivity contribution in [3.05, 3.63) is 116 Å². The Labute approximate surface area is 184 Å². The van der Waals surface area contributed by atoms with Gasteiger partial charge in [-0.15, -0.1) is 0 Å². The Morgan fingerprint density at radius 3 is 2.38 bits per heavy atom. The largest absolute Gasteiger partial charge is 0.322 e. The molecule has 0 radical (unpaired) electrons. The molecule has 160 valence electrons. The van der Waals surface area contributed by atoms with Gasteiger partial charge in [0.25, 0.3) is 17.2 Å². The molecule has 0 saturated carbocycles. The molecule has 0 saturated heterocycles. The highest BCUT2D eigenvalue weighted by atomic mass is 16.6. The number of pyridine rings is 1. The number of non-ortho nitro benzene ring substituents is 1. The van der Waals surface area contributed by atoms with Crippen molar-refractivity contribution in [2.75, 3.05) is 4.90 Å². The number of anilines is 1. The summed E-state index contributed by atoms with van der Waals surface area (Å²) >= 11 is 0. The molecule has 7 nitrogen and oxygen atoms in total. The maximum absolute atomic E-state index is 13.4. The monoisotopic (exact) mass is 427 g/mol. The summed E-state index contributed by atoms with van der Waals surface area (Å²) < 4.78 is 0. The first kappa shape index (κ1) is 21.0. The number of benzene rings is 3. The molecule has 1 N–H and O–H groups in total. The molecular formula is C25H21N3O4. The number of carbonyl (C=O) groups is 1. The van der Waals surface area contributed by atoms with E-state index in [1.807, 2.05) is 50.2 Å². The van der Waals surface area contributed by atoms with Gasteiger partial charge in [0.2, 0.25) is 0 Å². The molecule has 1 heterocycles. The van der Waals surface area contributed by atoms with Crippen LogP contribution < -0.4 is 10.5 Å². The number of nitrogens with one attached hydrogen (secondary N) is 1. The molecule has 1 aromatic heterocycles. The Morgan fingerprint density at radius 2 is 1.69 bits per heavy atom. The van der Waals surface area contributed by atoms with Gasteiger partial charge in [-0.2, -0.15) is 0 Å². The van der Waals surface area contributed by atoms with Gasteiger partial charge in [0.1, 0.15) is 0 Å². The summed E-state index contributed by atoms with van der Waals surface area (Å²) in [5.74, 6) is -0.353. The van der Waals surface area contributed by atoms with Gasteiger partial charge in [0.05, 0.1) is 11.5 Å². The first-order valence-corrected chi connectivity index (χ1v) is 10.1. The van der Waals surface area contributed by atoms with Crippen LogP contribution in [0.3, 0.4) is 0 Å². The second-order valence-corrected chi connectivity index (χ2v) is 7.75. The van der Waals surface area contributed by atoms with Crippen LogP contribution in [0.1, 0.15) is 27.0 Å². The number of rotatable bonds is 5. The maximum Gasteiger partial charge on any atom is 0.269 e. The number of nitrogens with zero attached hydrogens (tertiary/aromatic N) is 2. The summed E-state index contributed by atoms with van der Waals surface area (Å²) in [5, 5.41) is 11.8. The highest BCUT2D eigenvalue weighted by Gasteiger charge is 2.21. The summed E-state index contributed by atoms with van der Waals surface area (Å²) in [6.45, 7) is 3.95. The van der Waals surface area contributed by atoms with E-state index < -0.39 is 4.92 Å². The number of amides is 1. The van der Waals surface area contributed by atoms with Gasteiger partial charge in [-0.3, -0.25) is 19.7 Å². The van der Waals surface area contributed by atoms with Crippen LogP contribution in [0.2, 0.25) is 0 Å². The van der Waals surface area contributed by atoms with Gasteiger partial charge in [-0.25, -0.2) is 0 Å².